The second kappa shape index (κ2) is 5.72. The highest BCUT2D eigenvalue weighted by atomic mass is 16.3. The summed E-state index contributed by atoms with van der Waals surface area (Å²) in [6.45, 7) is 4.22. The number of anilines is 1. The topological polar surface area (TPSA) is 26.7 Å². The maximum absolute atomic E-state index is 9.78. The van der Waals surface area contributed by atoms with Crippen molar-refractivity contribution in [2.45, 2.75) is 31.9 Å². The molecule has 2 rings (SSSR count). The number of aliphatic hydroxyl groups excluding tert-OH is 1. The van der Waals surface area contributed by atoms with Crippen molar-refractivity contribution in [3.63, 3.8) is 0 Å². The Morgan fingerprint density at radius 2 is 2.00 bits per heavy atom. The molecule has 1 heterocycles. The predicted octanol–water partition coefficient (Wildman–Crippen LogP) is 2.27. The molecule has 0 radical (unpaired) electrons. The normalized spacial score (nSPS) is 21.6. The van der Waals surface area contributed by atoms with E-state index in [2.05, 4.69) is 36.0 Å². The first-order valence-electron chi connectivity index (χ1n) is 6.81. The van der Waals surface area contributed by atoms with Crippen LogP contribution >= 0.6 is 0 Å². The molecule has 18 heavy (non-hydrogen) atoms. The Balaban J connectivity index is 2.02. The van der Waals surface area contributed by atoms with Gasteiger partial charge in [-0.3, -0.25) is 0 Å². The van der Waals surface area contributed by atoms with E-state index in [1.165, 1.54) is 12.1 Å². The third kappa shape index (κ3) is 2.85. The second-order valence-electron chi connectivity index (χ2n) is 5.37. The van der Waals surface area contributed by atoms with E-state index in [0.29, 0.717) is 6.04 Å². The summed E-state index contributed by atoms with van der Waals surface area (Å²) in [4.78, 5) is 4.72. The summed E-state index contributed by atoms with van der Waals surface area (Å²) < 4.78 is 0. The standard InChI is InChI=1S/C15H24N2O/c1-4-15(18)12-5-7-13(8-6-12)17-10-9-14(11-17)16(2)3/h5-8,14-15,18H,4,9-11H2,1-3H3/t14?,15-/m0/s1. The number of hydrogen-bond acceptors (Lipinski definition) is 3. The van der Waals surface area contributed by atoms with Crippen LogP contribution in [0.3, 0.4) is 0 Å². The molecule has 3 heteroatoms. The fourth-order valence-corrected chi connectivity index (χ4v) is 2.54. The highest BCUT2D eigenvalue weighted by molar-refractivity contribution is 5.49. The van der Waals surface area contributed by atoms with Gasteiger partial charge in [-0.15, -0.1) is 0 Å². The quantitative estimate of drug-likeness (QED) is 0.885. The van der Waals surface area contributed by atoms with Crippen LogP contribution in [0, 0.1) is 0 Å². The van der Waals surface area contributed by atoms with Gasteiger partial charge in [0.05, 0.1) is 6.10 Å². The molecular formula is C15H24N2O. The lowest BCUT2D eigenvalue weighted by molar-refractivity contribution is 0.173. The first-order valence-corrected chi connectivity index (χ1v) is 6.81. The van der Waals surface area contributed by atoms with Crippen molar-refractivity contribution in [1.82, 2.24) is 4.90 Å². The van der Waals surface area contributed by atoms with Crippen molar-refractivity contribution in [2.24, 2.45) is 0 Å². The molecule has 1 aromatic rings. The van der Waals surface area contributed by atoms with E-state index in [0.717, 1.165) is 25.1 Å². The number of nitrogens with zero attached hydrogens (tertiary/aromatic N) is 2. The van der Waals surface area contributed by atoms with Crippen molar-refractivity contribution in [3.05, 3.63) is 29.8 Å². The first kappa shape index (κ1) is 13.4. The third-order valence-electron chi connectivity index (χ3n) is 3.92. The molecule has 0 spiro atoms. The van der Waals surface area contributed by atoms with Crippen LogP contribution in [-0.2, 0) is 0 Å². The molecule has 1 N–H and O–H groups in total. The van der Waals surface area contributed by atoms with E-state index in [4.69, 9.17) is 0 Å². The van der Waals surface area contributed by atoms with Gasteiger partial charge in [-0.25, -0.2) is 0 Å². The van der Waals surface area contributed by atoms with E-state index in [1.807, 2.05) is 19.1 Å². The molecule has 1 unspecified atom stereocenters. The fraction of sp³-hybridized carbons (Fsp3) is 0.600. The van der Waals surface area contributed by atoms with E-state index >= 15 is 0 Å². The summed E-state index contributed by atoms with van der Waals surface area (Å²) >= 11 is 0. The highest BCUT2D eigenvalue weighted by Gasteiger charge is 2.23. The van der Waals surface area contributed by atoms with Gasteiger partial charge in [-0.1, -0.05) is 19.1 Å². The molecule has 1 fully saturated rings. The van der Waals surface area contributed by atoms with Crippen molar-refractivity contribution in [3.8, 4) is 0 Å². The van der Waals surface area contributed by atoms with Gasteiger partial charge < -0.3 is 14.9 Å². The van der Waals surface area contributed by atoms with Gasteiger partial charge in [0.15, 0.2) is 0 Å². The van der Waals surface area contributed by atoms with E-state index in [-0.39, 0.29) is 6.10 Å². The zero-order chi connectivity index (χ0) is 13.1. The molecule has 1 aromatic carbocycles. The van der Waals surface area contributed by atoms with Crippen molar-refractivity contribution < 1.29 is 5.11 Å². The minimum Gasteiger partial charge on any atom is -0.388 e. The average Bonchev–Trinajstić information content (AvgIpc) is 2.88. The van der Waals surface area contributed by atoms with E-state index < -0.39 is 0 Å². The summed E-state index contributed by atoms with van der Waals surface area (Å²) in [7, 11) is 4.30. The zero-order valence-electron chi connectivity index (χ0n) is 11.6. The van der Waals surface area contributed by atoms with Gasteiger partial charge in [0.2, 0.25) is 0 Å². The third-order valence-corrected chi connectivity index (χ3v) is 3.92. The van der Waals surface area contributed by atoms with Crippen LogP contribution in [0.2, 0.25) is 0 Å². The molecule has 1 aliphatic heterocycles. The Kier molecular flexibility index (Phi) is 4.25. The monoisotopic (exact) mass is 248 g/mol. The molecule has 0 saturated carbocycles. The summed E-state index contributed by atoms with van der Waals surface area (Å²) in [5.41, 5.74) is 2.29. The largest absolute Gasteiger partial charge is 0.388 e. The number of likely N-dealkylation sites (N-methyl/N-ethyl adjacent to an activating group) is 1. The molecule has 0 amide bonds. The molecular weight excluding hydrogens is 224 g/mol. The zero-order valence-corrected chi connectivity index (χ0v) is 11.6. The SMILES string of the molecule is CC[C@H](O)c1ccc(N2CCC(N(C)C)C2)cc1. The van der Waals surface area contributed by atoms with Crippen LogP contribution < -0.4 is 4.90 Å². The molecule has 3 nitrogen and oxygen atoms in total. The molecule has 0 aliphatic carbocycles. The minimum absolute atomic E-state index is 0.327. The fourth-order valence-electron chi connectivity index (χ4n) is 2.54. The second-order valence-corrected chi connectivity index (χ2v) is 5.37. The molecule has 1 aliphatic rings. The molecule has 0 bridgehead atoms. The van der Waals surface area contributed by atoms with Crippen molar-refractivity contribution in [2.75, 3.05) is 32.1 Å². The Bertz CT molecular complexity index is 375. The number of rotatable bonds is 4. The predicted molar refractivity (Wildman–Crippen MR) is 76.0 cm³/mol. The lowest BCUT2D eigenvalue weighted by Gasteiger charge is -2.22. The Hall–Kier alpha value is -1.06. The van der Waals surface area contributed by atoms with Crippen LogP contribution in [0.15, 0.2) is 24.3 Å². The molecule has 0 aromatic heterocycles. The first-order chi connectivity index (χ1) is 8.61. The maximum Gasteiger partial charge on any atom is 0.0787 e. The highest BCUT2D eigenvalue weighted by Crippen LogP contribution is 2.24. The van der Waals surface area contributed by atoms with Crippen molar-refractivity contribution >= 4 is 5.69 Å². The Morgan fingerprint density at radius 1 is 1.33 bits per heavy atom. The van der Waals surface area contributed by atoms with E-state index in [1.54, 1.807) is 0 Å². The van der Waals surface area contributed by atoms with Gasteiger partial charge >= 0.3 is 0 Å². The van der Waals surface area contributed by atoms with Gasteiger partial charge in [0.1, 0.15) is 0 Å². The van der Waals surface area contributed by atoms with E-state index in [9.17, 15) is 5.11 Å². The Morgan fingerprint density at radius 3 is 2.50 bits per heavy atom. The van der Waals surface area contributed by atoms with Crippen LogP contribution in [-0.4, -0.2) is 43.2 Å². The lowest BCUT2D eigenvalue weighted by Crippen LogP contribution is -2.31. The molecule has 1 saturated heterocycles. The van der Waals surface area contributed by atoms with Gasteiger partial charge in [0.25, 0.3) is 0 Å². The Labute approximate surface area is 110 Å². The molecule has 2 atom stereocenters. The lowest BCUT2D eigenvalue weighted by atomic mass is 10.1. The summed E-state index contributed by atoms with van der Waals surface area (Å²) in [6, 6.07) is 9.02. The van der Waals surface area contributed by atoms with Gasteiger partial charge in [-0.05, 0) is 44.6 Å². The average molecular weight is 248 g/mol. The van der Waals surface area contributed by atoms with Gasteiger partial charge in [0, 0.05) is 24.8 Å². The molecule has 100 valence electrons. The minimum atomic E-state index is -0.327. The van der Waals surface area contributed by atoms with Crippen LogP contribution in [0.4, 0.5) is 5.69 Å². The smallest absolute Gasteiger partial charge is 0.0787 e. The van der Waals surface area contributed by atoms with Crippen molar-refractivity contribution in [1.29, 1.82) is 0 Å². The number of aliphatic hydroxyl groups is 1. The summed E-state index contributed by atoms with van der Waals surface area (Å²) in [5, 5.41) is 9.78. The van der Waals surface area contributed by atoms with Crippen LogP contribution in [0.1, 0.15) is 31.4 Å². The number of benzene rings is 1. The summed E-state index contributed by atoms with van der Waals surface area (Å²) in [6.07, 6.45) is 1.67. The van der Waals surface area contributed by atoms with Gasteiger partial charge in [-0.2, -0.15) is 0 Å². The summed E-state index contributed by atoms with van der Waals surface area (Å²) in [5.74, 6) is 0. The van der Waals surface area contributed by atoms with Crippen LogP contribution in [0.25, 0.3) is 0 Å². The number of hydrogen-bond donors (Lipinski definition) is 1. The maximum atomic E-state index is 9.78. The van der Waals surface area contributed by atoms with Crippen LogP contribution in [0.5, 0.6) is 0 Å².